The molecule has 0 aliphatic rings. The average molecular weight is 716 g/mol. The largest absolute Gasteiger partial charge is 0.496 e. The molecule has 0 aliphatic carbocycles. The maximum atomic E-state index is 14.5. The van der Waals surface area contributed by atoms with Gasteiger partial charge in [-0.3, -0.25) is 0 Å². The molecule has 0 spiro atoms. The molecule has 4 aromatic carbocycles. The molecule has 0 fully saturated rings. The van der Waals surface area contributed by atoms with E-state index < -0.39 is 34.9 Å². The Balaban J connectivity index is 2.27. The van der Waals surface area contributed by atoms with Crippen LogP contribution in [-0.4, -0.2) is 14.2 Å². The van der Waals surface area contributed by atoms with Crippen LogP contribution in [0.3, 0.4) is 0 Å². The molecule has 0 aliphatic heterocycles. The van der Waals surface area contributed by atoms with Gasteiger partial charge in [-0.2, -0.15) is 0 Å². The third kappa shape index (κ3) is 5.10. The third-order valence-electron chi connectivity index (χ3n) is 7.54. The second kappa shape index (κ2) is 12.3. The number of hydrogen-bond donors (Lipinski definition) is 0. The number of benzene rings is 4. The van der Waals surface area contributed by atoms with Gasteiger partial charge in [-0.1, -0.05) is 31.9 Å². The molecule has 0 amide bonds. The van der Waals surface area contributed by atoms with Gasteiger partial charge in [0.15, 0.2) is 34.9 Å². The van der Waals surface area contributed by atoms with Gasteiger partial charge in [0.25, 0.3) is 0 Å². The SMILES string of the molecule is COc1c(C)c(-c2cc(F)c(F)c(F)c2)c(CBr)c(-c2c(C)c(OC)c(C)c(-c3cc(F)c(F)c(F)c3)c2CBr)c1C. The van der Waals surface area contributed by atoms with Crippen LogP contribution < -0.4 is 9.47 Å². The minimum Gasteiger partial charge on any atom is -0.496 e. The summed E-state index contributed by atoms with van der Waals surface area (Å²) in [6.07, 6.45) is 0. The molecule has 0 heterocycles. The van der Waals surface area contributed by atoms with Crippen molar-refractivity contribution >= 4 is 31.9 Å². The Labute approximate surface area is 256 Å². The van der Waals surface area contributed by atoms with Crippen molar-refractivity contribution in [2.75, 3.05) is 14.2 Å². The minimum absolute atomic E-state index is 0.0953. The van der Waals surface area contributed by atoms with E-state index in [1.54, 1.807) is 13.8 Å². The van der Waals surface area contributed by atoms with Gasteiger partial charge in [0, 0.05) is 10.7 Å². The predicted molar refractivity (Wildman–Crippen MR) is 160 cm³/mol. The van der Waals surface area contributed by atoms with E-state index in [0.29, 0.717) is 67.1 Å². The fourth-order valence-corrected chi connectivity index (χ4v) is 7.03. The number of methoxy groups -OCH3 is 2. The number of rotatable bonds is 7. The first kappa shape index (κ1) is 31.9. The Morgan fingerprint density at radius 2 is 0.762 bits per heavy atom. The molecule has 0 aromatic heterocycles. The quantitative estimate of drug-likeness (QED) is 0.108. The number of alkyl halides is 2. The Hall–Kier alpha value is -2.98. The minimum atomic E-state index is -1.58. The van der Waals surface area contributed by atoms with Crippen LogP contribution in [0.5, 0.6) is 11.5 Å². The van der Waals surface area contributed by atoms with Crippen molar-refractivity contribution < 1.29 is 35.8 Å². The lowest BCUT2D eigenvalue weighted by molar-refractivity contribution is 0.408. The summed E-state index contributed by atoms with van der Waals surface area (Å²) in [4.78, 5) is 0. The third-order valence-corrected chi connectivity index (χ3v) is 8.66. The van der Waals surface area contributed by atoms with E-state index in [4.69, 9.17) is 9.47 Å². The highest BCUT2D eigenvalue weighted by Gasteiger charge is 2.29. The summed E-state index contributed by atoms with van der Waals surface area (Å²) in [5.74, 6) is -7.69. The summed E-state index contributed by atoms with van der Waals surface area (Å²) < 4.78 is 97.3. The molecule has 42 heavy (non-hydrogen) atoms. The van der Waals surface area contributed by atoms with Crippen molar-refractivity contribution in [1.29, 1.82) is 0 Å². The molecule has 222 valence electrons. The second-order valence-electron chi connectivity index (χ2n) is 9.80. The molecular weight excluding hydrogens is 690 g/mol. The molecule has 10 heteroatoms. The zero-order valence-corrected chi connectivity index (χ0v) is 26.7. The molecule has 4 rings (SSSR count). The Bertz CT molecular complexity index is 1560. The molecule has 4 aromatic rings. The van der Waals surface area contributed by atoms with Crippen LogP contribution in [0.15, 0.2) is 24.3 Å². The number of ether oxygens (including phenoxy) is 2. The van der Waals surface area contributed by atoms with Crippen molar-refractivity contribution in [2.45, 2.75) is 38.4 Å². The summed E-state index contributed by atoms with van der Waals surface area (Å²) in [5, 5.41) is 0.410. The summed E-state index contributed by atoms with van der Waals surface area (Å²) in [5.41, 5.74) is 5.96. The van der Waals surface area contributed by atoms with Gasteiger partial charge in [-0.05, 0) is 119 Å². The van der Waals surface area contributed by atoms with E-state index >= 15 is 0 Å². The van der Waals surface area contributed by atoms with Gasteiger partial charge in [0.05, 0.1) is 14.2 Å². The highest BCUT2D eigenvalue weighted by atomic mass is 79.9. The molecule has 0 bridgehead atoms. The zero-order chi connectivity index (χ0) is 31.2. The summed E-state index contributed by atoms with van der Waals surface area (Å²) in [7, 11) is 2.93. The van der Waals surface area contributed by atoms with E-state index in [2.05, 4.69) is 31.9 Å². The normalized spacial score (nSPS) is 11.3. The van der Waals surface area contributed by atoms with Crippen LogP contribution in [0, 0.1) is 62.6 Å². The Morgan fingerprint density at radius 3 is 1.00 bits per heavy atom. The first-order valence-corrected chi connectivity index (χ1v) is 14.9. The maximum Gasteiger partial charge on any atom is 0.194 e. The average Bonchev–Trinajstić information content (AvgIpc) is 2.94. The van der Waals surface area contributed by atoms with Crippen LogP contribution >= 0.6 is 31.9 Å². The number of hydrogen-bond acceptors (Lipinski definition) is 2. The molecule has 0 radical (unpaired) electrons. The molecule has 0 N–H and O–H groups in total. The van der Waals surface area contributed by atoms with Crippen LogP contribution in [0.1, 0.15) is 33.4 Å². The van der Waals surface area contributed by atoms with Crippen molar-refractivity contribution in [1.82, 2.24) is 0 Å². The van der Waals surface area contributed by atoms with Crippen molar-refractivity contribution in [3.63, 3.8) is 0 Å². The zero-order valence-electron chi connectivity index (χ0n) is 23.6. The summed E-state index contributed by atoms with van der Waals surface area (Å²) >= 11 is 7.09. The molecule has 0 saturated carbocycles. The Kier molecular flexibility index (Phi) is 9.37. The van der Waals surface area contributed by atoms with Crippen LogP contribution in [0.4, 0.5) is 26.3 Å². The fraction of sp³-hybridized carbons (Fsp3) is 0.250. The first-order valence-electron chi connectivity index (χ1n) is 12.7. The lowest BCUT2D eigenvalue weighted by Crippen LogP contribution is -2.08. The topological polar surface area (TPSA) is 18.5 Å². The van der Waals surface area contributed by atoms with Crippen molar-refractivity contribution in [3.8, 4) is 44.9 Å². The predicted octanol–water partition coefficient (Wildman–Crippen LogP) is 10.6. The van der Waals surface area contributed by atoms with Crippen LogP contribution in [0.2, 0.25) is 0 Å². The second-order valence-corrected chi connectivity index (χ2v) is 10.9. The van der Waals surface area contributed by atoms with E-state index in [1.807, 2.05) is 13.8 Å². The Morgan fingerprint density at radius 1 is 0.500 bits per heavy atom. The molecule has 0 unspecified atom stereocenters. The smallest absolute Gasteiger partial charge is 0.194 e. The summed E-state index contributed by atoms with van der Waals surface area (Å²) in [6.45, 7) is 7.12. The highest BCUT2D eigenvalue weighted by Crippen LogP contribution is 2.51. The molecule has 0 atom stereocenters. The maximum absolute atomic E-state index is 14.5. The monoisotopic (exact) mass is 714 g/mol. The molecule has 0 saturated heterocycles. The standard InChI is InChI=1S/C32H26Br2F6O2/c1-13-25(17-7-21(35)29(39)22(36)8-17)19(11-33)27(15(3)31(13)41-5)28-16(4)32(42-6)14(2)26(20(28)12-34)18-9-23(37)30(40)24(38)10-18/h7-10H,11-12H2,1-6H3. The lowest BCUT2D eigenvalue weighted by Gasteiger charge is -2.28. The van der Waals surface area contributed by atoms with Gasteiger partial charge >= 0.3 is 0 Å². The number of halogens is 8. The van der Waals surface area contributed by atoms with E-state index in [9.17, 15) is 26.3 Å². The van der Waals surface area contributed by atoms with Crippen molar-refractivity contribution in [2.24, 2.45) is 0 Å². The van der Waals surface area contributed by atoms with Gasteiger partial charge in [0.1, 0.15) is 11.5 Å². The molecular formula is C32H26Br2F6O2. The van der Waals surface area contributed by atoms with E-state index in [0.717, 1.165) is 24.3 Å². The van der Waals surface area contributed by atoms with Gasteiger partial charge in [0.2, 0.25) is 0 Å². The highest BCUT2D eigenvalue weighted by molar-refractivity contribution is 9.08. The molecule has 2 nitrogen and oxygen atoms in total. The lowest BCUT2D eigenvalue weighted by atomic mass is 9.79. The van der Waals surface area contributed by atoms with Gasteiger partial charge < -0.3 is 9.47 Å². The first-order chi connectivity index (χ1) is 19.8. The van der Waals surface area contributed by atoms with E-state index in [-0.39, 0.29) is 21.8 Å². The fourth-order valence-electron chi connectivity index (χ4n) is 5.91. The van der Waals surface area contributed by atoms with E-state index in [1.165, 1.54) is 14.2 Å². The van der Waals surface area contributed by atoms with Crippen LogP contribution in [-0.2, 0) is 10.7 Å². The van der Waals surface area contributed by atoms with Crippen molar-refractivity contribution in [3.05, 3.63) is 92.5 Å². The van der Waals surface area contributed by atoms with Gasteiger partial charge in [-0.25, -0.2) is 26.3 Å². The van der Waals surface area contributed by atoms with Gasteiger partial charge in [-0.15, -0.1) is 0 Å². The summed E-state index contributed by atoms with van der Waals surface area (Å²) in [6, 6.07) is 3.70. The van der Waals surface area contributed by atoms with Crippen LogP contribution in [0.25, 0.3) is 33.4 Å².